The van der Waals surface area contributed by atoms with Gasteiger partial charge in [-0.3, -0.25) is 0 Å². The first kappa shape index (κ1) is 15.6. The van der Waals surface area contributed by atoms with Gasteiger partial charge in [-0.05, 0) is 12.2 Å². The largest absolute Gasteiger partial charge is 0.383 e. The van der Waals surface area contributed by atoms with Gasteiger partial charge in [0.15, 0.2) is 5.82 Å². The number of hydrogen-bond donors (Lipinski definition) is 2. The molecule has 110 valence electrons. The molecule has 0 atom stereocenters. The second-order valence-electron chi connectivity index (χ2n) is 4.34. The summed E-state index contributed by atoms with van der Waals surface area (Å²) in [5, 5.41) is 9.34. The quantitative estimate of drug-likeness (QED) is 0.660. The SMILES string of the molecule is CCCCSc1c(C#N)c(F)c2c(N)nc(N)nc2c1Cl. The molecule has 0 saturated heterocycles. The fourth-order valence-electron chi connectivity index (χ4n) is 1.87. The van der Waals surface area contributed by atoms with E-state index in [0.717, 1.165) is 18.6 Å². The van der Waals surface area contributed by atoms with Gasteiger partial charge in [0.1, 0.15) is 23.0 Å². The van der Waals surface area contributed by atoms with Crippen LogP contribution in [0.1, 0.15) is 25.3 Å². The molecule has 0 unspecified atom stereocenters. The maximum atomic E-state index is 14.5. The van der Waals surface area contributed by atoms with E-state index in [-0.39, 0.29) is 33.3 Å². The summed E-state index contributed by atoms with van der Waals surface area (Å²) in [6.07, 6.45) is 1.92. The molecule has 2 aromatic rings. The van der Waals surface area contributed by atoms with Crippen LogP contribution < -0.4 is 11.5 Å². The van der Waals surface area contributed by atoms with E-state index in [1.165, 1.54) is 11.8 Å². The Kier molecular flexibility index (Phi) is 4.70. The zero-order valence-electron chi connectivity index (χ0n) is 11.3. The number of anilines is 2. The summed E-state index contributed by atoms with van der Waals surface area (Å²) in [6, 6.07) is 1.84. The predicted molar refractivity (Wildman–Crippen MR) is 83.7 cm³/mol. The molecule has 0 spiro atoms. The van der Waals surface area contributed by atoms with Crippen molar-refractivity contribution in [2.45, 2.75) is 24.7 Å². The highest BCUT2D eigenvalue weighted by atomic mass is 35.5. The highest BCUT2D eigenvalue weighted by Crippen LogP contribution is 2.40. The minimum absolute atomic E-state index is 0.0643. The Bertz CT molecular complexity index is 744. The van der Waals surface area contributed by atoms with Crippen molar-refractivity contribution in [2.75, 3.05) is 17.2 Å². The van der Waals surface area contributed by atoms with Crippen LogP contribution in [0.2, 0.25) is 5.02 Å². The van der Waals surface area contributed by atoms with Crippen molar-refractivity contribution in [3.8, 4) is 6.07 Å². The molecule has 0 aliphatic heterocycles. The van der Waals surface area contributed by atoms with Crippen molar-refractivity contribution < 1.29 is 4.39 Å². The van der Waals surface area contributed by atoms with Gasteiger partial charge in [-0.2, -0.15) is 10.2 Å². The average molecular weight is 326 g/mol. The predicted octanol–water partition coefficient (Wildman–Crippen LogP) is 3.35. The van der Waals surface area contributed by atoms with Crippen molar-refractivity contribution in [1.29, 1.82) is 5.26 Å². The van der Waals surface area contributed by atoms with Gasteiger partial charge in [0.05, 0.1) is 10.4 Å². The molecule has 0 amide bonds. The molecule has 8 heteroatoms. The molecule has 0 bridgehead atoms. The molecular formula is C13H13ClFN5S. The fourth-order valence-corrected chi connectivity index (χ4v) is 3.40. The first-order valence-corrected chi connectivity index (χ1v) is 7.64. The molecule has 21 heavy (non-hydrogen) atoms. The van der Waals surface area contributed by atoms with E-state index in [9.17, 15) is 9.65 Å². The maximum absolute atomic E-state index is 14.5. The van der Waals surface area contributed by atoms with Crippen molar-refractivity contribution in [3.05, 3.63) is 16.4 Å². The topological polar surface area (TPSA) is 102 Å². The van der Waals surface area contributed by atoms with Crippen LogP contribution in [-0.2, 0) is 0 Å². The molecule has 1 aromatic carbocycles. The Labute approximate surface area is 130 Å². The van der Waals surface area contributed by atoms with E-state index in [1.807, 2.05) is 13.0 Å². The van der Waals surface area contributed by atoms with Crippen LogP contribution in [0, 0.1) is 17.1 Å². The Balaban J connectivity index is 2.74. The number of nitrogen functional groups attached to an aromatic ring is 2. The van der Waals surface area contributed by atoms with Crippen LogP contribution in [0.5, 0.6) is 0 Å². The smallest absolute Gasteiger partial charge is 0.222 e. The highest BCUT2D eigenvalue weighted by Gasteiger charge is 2.22. The van der Waals surface area contributed by atoms with E-state index in [1.54, 1.807) is 0 Å². The maximum Gasteiger partial charge on any atom is 0.222 e. The van der Waals surface area contributed by atoms with E-state index >= 15 is 0 Å². The number of rotatable bonds is 4. The minimum Gasteiger partial charge on any atom is -0.383 e. The number of hydrogen-bond acceptors (Lipinski definition) is 6. The number of aromatic nitrogens is 2. The summed E-state index contributed by atoms with van der Waals surface area (Å²) in [5.41, 5.74) is 11.2. The van der Waals surface area contributed by atoms with Crippen molar-refractivity contribution in [2.24, 2.45) is 0 Å². The van der Waals surface area contributed by atoms with Gasteiger partial charge >= 0.3 is 0 Å². The van der Waals surface area contributed by atoms with Gasteiger partial charge in [-0.1, -0.05) is 24.9 Å². The summed E-state index contributed by atoms with van der Waals surface area (Å²) in [4.78, 5) is 8.04. The molecule has 5 nitrogen and oxygen atoms in total. The molecule has 0 radical (unpaired) electrons. The van der Waals surface area contributed by atoms with Crippen molar-refractivity contribution in [3.63, 3.8) is 0 Å². The number of unbranched alkanes of at least 4 members (excludes halogenated alkanes) is 1. The second-order valence-corrected chi connectivity index (χ2v) is 5.82. The second kappa shape index (κ2) is 6.33. The van der Waals surface area contributed by atoms with Gasteiger partial charge in [0.2, 0.25) is 5.95 Å². The van der Waals surface area contributed by atoms with Gasteiger partial charge in [-0.25, -0.2) is 9.37 Å². The van der Waals surface area contributed by atoms with Gasteiger partial charge in [-0.15, -0.1) is 11.8 Å². The molecule has 0 saturated carbocycles. The number of fused-ring (bicyclic) bond motifs is 1. The number of benzene rings is 1. The Hall–Kier alpha value is -1.78. The molecule has 0 aliphatic rings. The van der Waals surface area contributed by atoms with Gasteiger partial charge in [0.25, 0.3) is 0 Å². The summed E-state index contributed by atoms with van der Waals surface area (Å²) in [7, 11) is 0. The first-order valence-electron chi connectivity index (χ1n) is 6.27. The molecule has 0 fully saturated rings. The number of thioether (sulfide) groups is 1. The molecule has 0 aliphatic carbocycles. The molecule has 2 rings (SSSR count). The lowest BCUT2D eigenvalue weighted by Crippen LogP contribution is -2.04. The van der Waals surface area contributed by atoms with Crippen LogP contribution in [0.25, 0.3) is 10.9 Å². The number of nitriles is 1. The third-order valence-corrected chi connectivity index (χ3v) is 4.55. The fraction of sp³-hybridized carbons (Fsp3) is 0.308. The van der Waals surface area contributed by atoms with E-state index in [4.69, 9.17) is 23.1 Å². The Morgan fingerprint density at radius 3 is 2.71 bits per heavy atom. The average Bonchev–Trinajstić information content (AvgIpc) is 2.43. The van der Waals surface area contributed by atoms with Crippen molar-refractivity contribution in [1.82, 2.24) is 9.97 Å². The molecule has 1 aromatic heterocycles. The van der Waals surface area contributed by atoms with Crippen molar-refractivity contribution >= 4 is 46.0 Å². The molecule has 1 heterocycles. The molecular weight excluding hydrogens is 313 g/mol. The van der Waals surface area contributed by atoms with E-state index in [2.05, 4.69) is 9.97 Å². The number of halogens is 2. The number of nitrogens with two attached hydrogens (primary N) is 2. The zero-order chi connectivity index (χ0) is 15.6. The lowest BCUT2D eigenvalue weighted by Gasteiger charge is -2.12. The first-order chi connectivity index (χ1) is 10.0. The minimum atomic E-state index is -0.756. The van der Waals surface area contributed by atoms with E-state index in [0.29, 0.717) is 4.90 Å². The van der Waals surface area contributed by atoms with E-state index < -0.39 is 5.82 Å². The number of nitrogens with zero attached hydrogens (tertiary/aromatic N) is 3. The molecule has 4 N–H and O–H groups in total. The lowest BCUT2D eigenvalue weighted by molar-refractivity contribution is 0.632. The normalized spacial score (nSPS) is 10.8. The summed E-state index contributed by atoms with van der Waals surface area (Å²) in [5.74, 6) is -0.242. The summed E-state index contributed by atoms with van der Waals surface area (Å²) < 4.78 is 14.5. The van der Waals surface area contributed by atoms with Crippen LogP contribution in [0.3, 0.4) is 0 Å². The van der Waals surface area contributed by atoms with Gasteiger partial charge < -0.3 is 11.5 Å². The Morgan fingerprint density at radius 2 is 2.10 bits per heavy atom. The monoisotopic (exact) mass is 325 g/mol. The van der Waals surface area contributed by atoms with Crippen LogP contribution in [-0.4, -0.2) is 15.7 Å². The third-order valence-electron chi connectivity index (χ3n) is 2.88. The summed E-state index contributed by atoms with van der Waals surface area (Å²) >= 11 is 7.61. The van der Waals surface area contributed by atoms with Crippen LogP contribution >= 0.6 is 23.4 Å². The highest BCUT2D eigenvalue weighted by molar-refractivity contribution is 7.99. The zero-order valence-corrected chi connectivity index (χ0v) is 12.9. The summed E-state index contributed by atoms with van der Waals surface area (Å²) in [6.45, 7) is 2.04. The van der Waals surface area contributed by atoms with Crippen LogP contribution in [0.4, 0.5) is 16.2 Å². The Morgan fingerprint density at radius 1 is 1.38 bits per heavy atom. The standard InChI is InChI=1S/C13H13ClFN5S/c1-2-3-4-21-11-6(5-16)9(15)7-10(8(11)14)19-13(18)20-12(7)17/h2-4H2,1H3,(H4,17,18,19,20). The van der Waals surface area contributed by atoms with Gasteiger partial charge in [0, 0.05) is 4.90 Å². The van der Waals surface area contributed by atoms with Crippen LogP contribution in [0.15, 0.2) is 4.90 Å². The lowest BCUT2D eigenvalue weighted by atomic mass is 10.1. The third kappa shape index (κ3) is 2.82.